The van der Waals surface area contributed by atoms with Gasteiger partial charge in [-0.05, 0) is 12.1 Å². The SMILES string of the molecule is COCCNCCNC(=O)COc1ccc(Cl)c(Cl)c1.Cl. The Hall–Kier alpha value is -0.720. The Bertz CT molecular complexity index is 433. The van der Waals surface area contributed by atoms with E-state index in [4.69, 9.17) is 32.7 Å². The first-order valence-electron chi connectivity index (χ1n) is 6.17. The van der Waals surface area contributed by atoms with Gasteiger partial charge in [-0.25, -0.2) is 0 Å². The summed E-state index contributed by atoms with van der Waals surface area (Å²) in [4.78, 5) is 11.5. The topological polar surface area (TPSA) is 59.6 Å². The molecule has 0 spiro atoms. The fraction of sp³-hybridized carbons (Fsp3) is 0.462. The lowest BCUT2D eigenvalue weighted by Gasteiger charge is -2.08. The predicted molar refractivity (Wildman–Crippen MR) is 87.0 cm³/mol. The van der Waals surface area contributed by atoms with Crippen molar-refractivity contribution < 1.29 is 14.3 Å². The highest BCUT2D eigenvalue weighted by atomic mass is 35.5. The van der Waals surface area contributed by atoms with Gasteiger partial charge >= 0.3 is 0 Å². The summed E-state index contributed by atoms with van der Waals surface area (Å²) < 4.78 is 10.2. The van der Waals surface area contributed by atoms with Crippen LogP contribution in [0, 0.1) is 0 Å². The fourth-order valence-electron chi connectivity index (χ4n) is 1.36. The van der Waals surface area contributed by atoms with Crippen LogP contribution in [0.2, 0.25) is 10.0 Å². The summed E-state index contributed by atoms with van der Waals surface area (Å²) in [5.74, 6) is 0.317. The quantitative estimate of drug-likeness (QED) is 0.665. The van der Waals surface area contributed by atoms with Crippen molar-refractivity contribution >= 4 is 41.5 Å². The van der Waals surface area contributed by atoms with E-state index in [1.165, 1.54) is 0 Å². The molecule has 0 radical (unpaired) electrons. The number of hydrogen-bond acceptors (Lipinski definition) is 4. The molecule has 2 N–H and O–H groups in total. The number of halogens is 3. The predicted octanol–water partition coefficient (Wildman–Crippen LogP) is 2.15. The number of nitrogens with one attached hydrogen (secondary N) is 2. The second kappa shape index (κ2) is 11.9. The van der Waals surface area contributed by atoms with E-state index in [-0.39, 0.29) is 24.9 Å². The third kappa shape index (κ3) is 9.01. The lowest BCUT2D eigenvalue weighted by atomic mass is 10.3. The first-order valence-corrected chi connectivity index (χ1v) is 6.93. The molecule has 120 valence electrons. The highest BCUT2D eigenvalue weighted by Gasteiger charge is 2.04. The van der Waals surface area contributed by atoms with Crippen LogP contribution in [0.3, 0.4) is 0 Å². The standard InChI is InChI=1S/C13H18Cl2N2O3.ClH/c1-19-7-6-16-4-5-17-13(18)9-20-10-2-3-11(14)12(15)8-10;/h2-3,8,16H,4-7,9H2,1H3,(H,17,18);1H. The van der Waals surface area contributed by atoms with Gasteiger partial charge in [-0.1, -0.05) is 23.2 Å². The lowest BCUT2D eigenvalue weighted by molar-refractivity contribution is -0.123. The van der Waals surface area contributed by atoms with Crippen molar-refractivity contribution in [2.45, 2.75) is 0 Å². The Morgan fingerprint density at radius 1 is 1.19 bits per heavy atom. The van der Waals surface area contributed by atoms with Crippen LogP contribution in [-0.4, -0.2) is 45.9 Å². The molecule has 0 saturated carbocycles. The van der Waals surface area contributed by atoms with Crippen LogP contribution in [0.15, 0.2) is 18.2 Å². The van der Waals surface area contributed by atoms with Crippen molar-refractivity contribution in [2.75, 3.05) is 40.0 Å². The van der Waals surface area contributed by atoms with Gasteiger partial charge in [-0.2, -0.15) is 0 Å². The maximum Gasteiger partial charge on any atom is 0.257 e. The number of ether oxygens (including phenoxy) is 2. The summed E-state index contributed by atoms with van der Waals surface area (Å²) >= 11 is 11.6. The average Bonchev–Trinajstić information content (AvgIpc) is 2.44. The van der Waals surface area contributed by atoms with Crippen molar-refractivity contribution in [1.29, 1.82) is 0 Å². The van der Waals surface area contributed by atoms with Crippen LogP contribution in [0.4, 0.5) is 0 Å². The van der Waals surface area contributed by atoms with Gasteiger partial charge < -0.3 is 20.1 Å². The second-order valence-corrected chi connectivity index (χ2v) is 4.77. The summed E-state index contributed by atoms with van der Waals surface area (Å²) in [5.41, 5.74) is 0. The molecular formula is C13H19Cl3N2O3. The van der Waals surface area contributed by atoms with E-state index in [9.17, 15) is 4.79 Å². The Morgan fingerprint density at radius 3 is 2.62 bits per heavy atom. The molecule has 1 rings (SSSR count). The van der Waals surface area contributed by atoms with Crippen LogP contribution in [0.1, 0.15) is 0 Å². The number of benzene rings is 1. The van der Waals surface area contributed by atoms with E-state index in [1.807, 2.05) is 0 Å². The second-order valence-electron chi connectivity index (χ2n) is 3.96. The van der Waals surface area contributed by atoms with Gasteiger partial charge in [-0.3, -0.25) is 4.79 Å². The third-order valence-corrected chi connectivity index (χ3v) is 3.11. The molecule has 0 aliphatic carbocycles. The molecule has 1 aromatic rings. The Kier molecular flexibility index (Phi) is 11.5. The fourth-order valence-corrected chi connectivity index (χ4v) is 1.64. The zero-order valence-electron chi connectivity index (χ0n) is 11.7. The largest absolute Gasteiger partial charge is 0.484 e. The molecule has 0 aliphatic rings. The minimum atomic E-state index is -0.190. The average molecular weight is 358 g/mol. The van der Waals surface area contributed by atoms with Crippen LogP contribution in [0.25, 0.3) is 0 Å². The highest BCUT2D eigenvalue weighted by molar-refractivity contribution is 6.42. The molecule has 1 amide bonds. The zero-order valence-corrected chi connectivity index (χ0v) is 14.0. The van der Waals surface area contributed by atoms with Crippen molar-refractivity contribution in [3.63, 3.8) is 0 Å². The van der Waals surface area contributed by atoms with Gasteiger partial charge in [0, 0.05) is 32.8 Å². The molecule has 8 heteroatoms. The van der Waals surface area contributed by atoms with E-state index < -0.39 is 0 Å². The van der Waals surface area contributed by atoms with Crippen LogP contribution in [0.5, 0.6) is 5.75 Å². The lowest BCUT2D eigenvalue weighted by Crippen LogP contribution is -2.35. The first-order chi connectivity index (χ1) is 9.63. The number of amides is 1. The number of carbonyl (C=O) groups is 1. The van der Waals surface area contributed by atoms with E-state index in [0.717, 1.165) is 6.54 Å². The van der Waals surface area contributed by atoms with Crippen LogP contribution >= 0.6 is 35.6 Å². The number of rotatable bonds is 9. The van der Waals surface area contributed by atoms with E-state index in [2.05, 4.69) is 10.6 Å². The van der Waals surface area contributed by atoms with E-state index in [1.54, 1.807) is 25.3 Å². The normalized spacial score (nSPS) is 9.86. The van der Waals surface area contributed by atoms with E-state index >= 15 is 0 Å². The maximum absolute atomic E-state index is 11.5. The van der Waals surface area contributed by atoms with Gasteiger partial charge in [0.05, 0.1) is 16.7 Å². The van der Waals surface area contributed by atoms with Crippen molar-refractivity contribution in [3.05, 3.63) is 28.2 Å². The maximum atomic E-state index is 11.5. The smallest absolute Gasteiger partial charge is 0.257 e. The molecule has 0 heterocycles. The molecule has 1 aromatic carbocycles. The van der Waals surface area contributed by atoms with Gasteiger partial charge in [0.25, 0.3) is 5.91 Å². The molecule has 0 saturated heterocycles. The van der Waals surface area contributed by atoms with Crippen molar-refractivity contribution in [2.24, 2.45) is 0 Å². The summed E-state index contributed by atoms with van der Waals surface area (Å²) in [7, 11) is 1.64. The Labute approximate surface area is 140 Å². The first kappa shape index (κ1) is 20.3. The molecule has 5 nitrogen and oxygen atoms in total. The minimum absolute atomic E-state index is 0. The van der Waals surface area contributed by atoms with Crippen LogP contribution < -0.4 is 15.4 Å². The van der Waals surface area contributed by atoms with Crippen molar-refractivity contribution in [1.82, 2.24) is 10.6 Å². The molecular weight excluding hydrogens is 339 g/mol. The minimum Gasteiger partial charge on any atom is -0.484 e. The third-order valence-electron chi connectivity index (χ3n) is 2.37. The van der Waals surface area contributed by atoms with Crippen molar-refractivity contribution in [3.8, 4) is 5.75 Å². The molecule has 0 fully saturated rings. The van der Waals surface area contributed by atoms with Gasteiger partial charge in [-0.15, -0.1) is 12.4 Å². The number of carbonyl (C=O) groups excluding carboxylic acids is 1. The summed E-state index contributed by atoms with van der Waals surface area (Å²) in [6.45, 7) is 2.56. The summed E-state index contributed by atoms with van der Waals surface area (Å²) in [5, 5.41) is 6.69. The molecule has 0 aliphatic heterocycles. The number of methoxy groups -OCH3 is 1. The van der Waals surface area contributed by atoms with Gasteiger partial charge in [0.2, 0.25) is 0 Å². The molecule has 0 unspecified atom stereocenters. The Morgan fingerprint density at radius 2 is 1.95 bits per heavy atom. The van der Waals surface area contributed by atoms with E-state index in [0.29, 0.717) is 35.5 Å². The van der Waals surface area contributed by atoms with Gasteiger partial charge in [0.1, 0.15) is 5.75 Å². The highest BCUT2D eigenvalue weighted by Crippen LogP contribution is 2.26. The molecule has 0 atom stereocenters. The molecule has 0 bridgehead atoms. The van der Waals surface area contributed by atoms with Gasteiger partial charge in [0.15, 0.2) is 6.61 Å². The number of hydrogen-bond donors (Lipinski definition) is 2. The monoisotopic (exact) mass is 356 g/mol. The molecule has 0 aromatic heterocycles. The summed E-state index contributed by atoms with van der Waals surface area (Å²) in [6, 6.07) is 4.86. The molecule has 21 heavy (non-hydrogen) atoms. The zero-order chi connectivity index (χ0) is 14.8. The Balaban J connectivity index is 0.00000400. The van der Waals surface area contributed by atoms with Crippen LogP contribution in [-0.2, 0) is 9.53 Å². The summed E-state index contributed by atoms with van der Waals surface area (Å²) in [6.07, 6.45) is 0.